The first-order valence-electron chi connectivity index (χ1n) is 24.5. The van der Waals surface area contributed by atoms with E-state index in [1.165, 1.54) is 18.3 Å². The Balaban J connectivity index is 0. The number of nitrogens with two attached hydrogens (primary N) is 1. The Morgan fingerprint density at radius 2 is 0.819 bits per heavy atom. The number of rotatable bonds is 25. The number of hydrogen-bond donors (Lipinski definition) is 26. The predicted molar refractivity (Wildman–Crippen MR) is 295 cm³/mol. The zero-order valence-corrected chi connectivity index (χ0v) is 53.7. The summed E-state index contributed by atoms with van der Waals surface area (Å²) in [4.78, 5) is 182. The Hall–Kier alpha value is 0.370. The molecule has 0 atom stereocenters. The Kier molecular flexibility index (Phi) is 36.3. The van der Waals surface area contributed by atoms with Crippen LogP contribution in [0, 0.1) is 0 Å². The molecule has 0 spiro atoms. The fourth-order valence-corrected chi connectivity index (χ4v) is 18.7. The minimum atomic E-state index is -5.41. The average Bonchev–Trinajstić information content (AvgIpc) is 3.72. The van der Waals surface area contributed by atoms with Crippen LogP contribution in [0.25, 0.3) is 0 Å². The molecule has 0 unspecified atom stereocenters. The van der Waals surface area contributed by atoms with E-state index in [2.05, 4.69) is 15.6 Å². The van der Waals surface area contributed by atoms with Gasteiger partial charge in [0.25, 0.3) is 15.2 Å². The van der Waals surface area contributed by atoms with Crippen molar-refractivity contribution in [2.45, 2.75) is 161 Å². The molecule has 2 aliphatic rings. The Bertz CT molecular complexity index is 2400. The number of hydrogen-bond acceptors (Lipinski definition) is 18. The van der Waals surface area contributed by atoms with E-state index in [9.17, 15) is 55.9 Å². The Morgan fingerprint density at radius 1 is 0.506 bits per heavy atom. The molecule has 48 heteroatoms. The van der Waals surface area contributed by atoms with Crippen molar-refractivity contribution in [3.8, 4) is 0 Å². The van der Waals surface area contributed by atoms with E-state index in [-0.39, 0.29) is 24.2 Å². The third-order valence-electron chi connectivity index (χ3n) is 12.2. The van der Waals surface area contributed by atoms with Gasteiger partial charge in [0.2, 0.25) is 11.0 Å². The van der Waals surface area contributed by atoms with Crippen molar-refractivity contribution >= 4 is 76.0 Å². The fourth-order valence-electron chi connectivity index (χ4n) is 7.45. The van der Waals surface area contributed by atoms with Gasteiger partial charge >= 0.3 is 76.0 Å². The number of nitrogens with zero attached hydrogens (tertiary/aromatic N) is 2. The van der Waals surface area contributed by atoms with Crippen molar-refractivity contribution in [2.75, 3.05) is 26.7 Å². The van der Waals surface area contributed by atoms with E-state index >= 15 is 0 Å². The van der Waals surface area contributed by atoms with Gasteiger partial charge in [0.05, 0.1) is 0 Å². The van der Waals surface area contributed by atoms with Gasteiger partial charge < -0.3 is 124 Å². The molecule has 0 bridgehead atoms. The first-order chi connectivity index (χ1) is 37.0. The van der Waals surface area contributed by atoms with Crippen LogP contribution >= 0.6 is 76.0 Å². The predicted octanol–water partition coefficient (Wildman–Crippen LogP) is 0.338. The molecule has 83 heavy (non-hydrogen) atoms. The standard InChI is InChI=1S/C9H23NO7P2.2C8H19NO6P2.C7H11NO7P2.C3H11NO7P2/c1-3-4-5-7-10(2)8-6-9(11,18(12,13)14)19(15,16)17;2*10-16(11,12)8(17(13,14)15)9-7-5-3-1-2-4-6-7;9-7(16(10,11)12,17(13,14)15)4-6-2-1-3-8-5-6;4-2-1-3(5,12(6,7)8)13(9,10)11/h11H,3-8H2,1-2H3,(H2,12,13,14)(H2,15,16,17);2*7-9H,1-6H2,(H2,10,11,12)(H2,13,14,15);1-3,5,9H,4H2,(H2,10,11,12)(H2,13,14,15);5H,1-2,4H2,(H2,6,7,8)(H2,9,10,11). The van der Waals surface area contributed by atoms with Crippen molar-refractivity contribution < 1.29 is 159 Å². The van der Waals surface area contributed by atoms with Crippen molar-refractivity contribution in [3.05, 3.63) is 30.1 Å². The van der Waals surface area contributed by atoms with Gasteiger partial charge in [0, 0.05) is 50.3 Å². The number of aliphatic hydroxyl groups is 3. The molecule has 3 rings (SSSR count). The smallest absolute Gasteiger partial charge is 0.367 e. The minimum absolute atomic E-state index is 0.0174. The highest BCUT2D eigenvalue weighted by Crippen LogP contribution is 2.71. The third kappa shape index (κ3) is 30.4. The maximum absolute atomic E-state index is 11.1. The molecule has 0 aliphatic heterocycles. The van der Waals surface area contributed by atoms with Gasteiger partial charge in [-0.3, -0.25) is 61.3 Å². The van der Waals surface area contributed by atoms with E-state index in [0.29, 0.717) is 32.2 Å². The molecule has 1 heterocycles. The summed E-state index contributed by atoms with van der Waals surface area (Å²) in [7, 11) is -49.9. The van der Waals surface area contributed by atoms with Crippen molar-refractivity contribution in [2.24, 2.45) is 5.73 Å². The van der Waals surface area contributed by atoms with E-state index < -0.39 is 128 Å². The summed E-state index contributed by atoms with van der Waals surface area (Å²) >= 11 is 0. The van der Waals surface area contributed by atoms with Gasteiger partial charge in [-0.05, 0) is 63.9 Å². The van der Waals surface area contributed by atoms with Crippen molar-refractivity contribution in [1.29, 1.82) is 0 Å². The van der Waals surface area contributed by atoms with Crippen LogP contribution in [0.5, 0.6) is 0 Å². The lowest BCUT2D eigenvalue weighted by molar-refractivity contribution is 0.112. The summed E-state index contributed by atoms with van der Waals surface area (Å²) in [6.45, 7) is 2.19. The summed E-state index contributed by atoms with van der Waals surface area (Å²) in [5.74, 6) is 0. The lowest BCUT2D eigenvalue weighted by Gasteiger charge is -2.30. The van der Waals surface area contributed by atoms with Gasteiger partial charge in [-0.2, -0.15) is 0 Å². The van der Waals surface area contributed by atoms with E-state index in [1.54, 1.807) is 11.9 Å². The zero-order valence-electron chi connectivity index (χ0n) is 44.8. The quantitative estimate of drug-likeness (QED) is 0.0356. The lowest BCUT2D eigenvalue weighted by Crippen LogP contribution is -2.37. The maximum Gasteiger partial charge on any atom is 0.369 e. The van der Waals surface area contributed by atoms with Crippen molar-refractivity contribution in [1.82, 2.24) is 20.5 Å². The van der Waals surface area contributed by atoms with Gasteiger partial charge in [0.1, 0.15) is 0 Å². The molecule has 0 radical (unpaired) electrons. The second kappa shape index (κ2) is 35.3. The molecule has 1 aromatic rings. The summed E-state index contributed by atoms with van der Waals surface area (Å²) in [5, 5.41) is 23.1. The van der Waals surface area contributed by atoms with Crippen LogP contribution in [0.2, 0.25) is 0 Å². The van der Waals surface area contributed by atoms with Gasteiger partial charge in [-0.25, -0.2) is 0 Å². The average molecular weight is 1410 g/mol. The topological polar surface area (TPSA) is 702 Å². The summed E-state index contributed by atoms with van der Waals surface area (Å²) < 4.78 is 110. The third-order valence-corrected chi connectivity index (χ3v) is 30.4. The molecule has 1 aromatic heterocycles. The molecule has 38 nitrogen and oxygen atoms in total. The lowest BCUT2D eigenvalue weighted by atomic mass is 10.1. The maximum atomic E-state index is 11.1. The second-order valence-corrected chi connectivity index (χ2v) is 38.9. The zero-order chi connectivity index (χ0) is 65.8. The monoisotopic (exact) mass is 1410 g/mol. The summed E-state index contributed by atoms with van der Waals surface area (Å²) in [6.07, 6.45) is 13.5. The number of pyridine rings is 1. The highest BCUT2D eigenvalue weighted by molar-refractivity contribution is 7.73. The highest BCUT2D eigenvalue weighted by atomic mass is 31.3. The molecule has 2 aliphatic carbocycles. The first kappa shape index (κ1) is 85.4. The molecule has 0 aromatic carbocycles. The molecule has 27 N–H and O–H groups in total. The van der Waals surface area contributed by atoms with Crippen LogP contribution in [0.3, 0.4) is 0 Å². The van der Waals surface area contributed by atoms with Crippen LogP contribution in [0.15, 0.2) is 24.5 Å². The first-order valence-corrected chi connectivity index (χ1v) is 40.9. The van der Waals surface area contributed by atoms with Gasteiger partial charge in [0.15, 0.2) is 0 Å². The van der Waals surface area contributed by atoms with Gasteiger partial charge in [-0.15, -0.1) is 0 Å². The van der Waals surface area contributed by atoms with Crippen LogP contribution in [-0.2, 0) is 52.1 Å². The van der Waals surface area contributed by atoms with E-state index in [4.69, 9.17) is 109 Å². The second-order valence-electron chi connectivity index (χ2n) is 19.2. The van der Waals surface area contributed by atoms with Gasteiger partial charge in [-0.1, -0.05) is 77.2 Å². The minimum Gasteiger partial charge on any atom is -0.367 e. The summed E-state index contributed by atoms with van der Waals surface area (Å²) in [6, 6.07) is 2.28. The molecular formula is C35H83N5O33P10. The highest BCUT2D eigenvalue weighted by Gasteiger charge is 2.61. The van der Waals surface area contributed by atoms with Crippen LogP contribution in [0.1, 0.15) is 122 Å². The molecule has 0 saturated heterocycles. The molecule has 496 valence electrons. The summed E-state index contributed by atoms with van der Waals surface area (Å²) in [5.41, 5.74) is 0.818. The van der Waals surface area contributed by atoms with Crippen LogP contribution in [-0.4, -0.2) is 188 Å². The Morgan fingerprint density at radius 3 is 1.06 bits per heavy atom. The number of unbranched alkanes of at least 4 members (excludes halogenated alkanes) is 2. The normalized spacial score (nSPS) is 16.7. The van der Waals surface area contributed by atoms with Crippen LogP contribution < -0.4 is 16.4 Å². The molecular weight excluding hydrogens is 1330 g/mol. The number of nitrogens with one attached hydrogen (secondary N) is 2. The number of aromatic nitrogens is 1. The fraction of sp³-hybridized carbons (Fsp3) is 0.857. The molecule has 0 amide bonds. The Labute approximate surface area is 477 Å². The SMILES string of the molecule is CCCCCN(C)CCC(O)(P(=O)(O)O)P(=O)(O)O.NCCC(O)(P(=O)(O)O)P(=O)(O)O.O=P(O)(O)C(NC1CCCCCC1)P(=O)(O)O.O=P(O)(O)C(NC1CCCCCC1)P(=O)(O)O.O=P(O)(O)C(O)(Cc1cccnc1)P(=O)(O)O. The largest absolute Gasteiger partial charge is 0.369 e. The molecule has 2 saturated carbocycles. The van der Waals surface area contributed by atoms with Crippen molar-refractivity contribution in [3.63, 3.8) is 0 Å². The van der Waals surface area contributed by atoms with E-state index in [0.717, 1.165) is 76.8 Å². The van der Waals surface area contributed by atoms with E-state index in [1.807, 2.05) is 6.92 Å². The van der Waals surface area contributed by atoms with Crippen LogP contribution in [0.4, 0.5) is 0 Å². The molecule has 2 fully saturated rings.